The molecule has 0 aliphatic rings. The summed E-state index contributed by atoms with van der Waals surface area (Å²) in [6.07, 6.45) is 1.16. The lowest BCUT2D eigenvalue weighted by Gasteiger charge is -2.22. The molecule has 0 nitrogen and oxygen atoms in total. The molecule has 1 aromatic carbocycles. The lowest BCUT2D eigenvalue weighted by molar-refractivity contribution is 0.533. The second kappa shape index (κ2) is 6.44. The predicted molar refractivity (Wildman–Crippen MR) is 77.9 cm³/mol. The molecule has 0 heterocycles. The molecular formula is C16H25Cl. The minimum Gasteiger partial charge on any atom is -0.122 e. The van der Waals surface area contributed by atoms with E-state index in [0.29, 0.717) is 11.8 Å². The number of hydrogen-bond donors (Lipinski definition) is 0. The second-order valence-corrected chi connectivity index (χ2v) is 6.32. The standard InChI is InChI=1S/C16H25Cl/c1-11(2)10-14-6-8-15(9-7-14)13(5)16(17)12(3)4/h6-9,11-13,16H,10H2,1-5H3. The molecule has 0 aromatic heterocycles. The van der Waals surface area contributed by atoms with Crippen molar-refractivity contribution in [1.82, 2.24) is 0 Å². The average molecular weight is 253 g/mol. The third-order valence-electron chi connectivity index (χ3n) is 3.26. The first kappa shape index (κ1) is 14.6. The summed E-state index contributed by atoms with van der Waals surface area (Å²) in [4.78, 5) is 0. The molecule has 1 heteroatoms. The van der Waals surface area contributed by atoms with Gasteiger partial charge < -0.3 is 0 Å². The van der Waals surface area contributed by atoms with Crippen LogP contribution in [0.1, 0.15) is 51.7 Å². The third-order valence-corrected chi connectivity index (χ3v) is 4.15. The fraction of sp³-hybridized carbons (Fsp3) is 0.625. The highest BCUT2D eigenvalue weighted by Gasteiger charge is 2.19. The zero-order valence-electron chi connectivity index (χ0n) is 11.7. The predicted octanol–water partition coefficient (Wildman–Crippen LogP) is 5.25. The van der Waals surface area contributed by atoms with Crippen molar-refractivity contribution < 1.29 is 0 Å². The number of halogens is 1. The maximum Gasteiger partial charge on any atom is 0.0424 e. The fourth-order valence-corrected chi connectivity index (χ4v) is 2.34. The zero-order valence-corrected chi connectivity index (χ0v) is 12.5. The Morgan fingerprint density at radius 1 is 0.941 bits per heavy atom. The summed E-state index contributed by atoms with van der Waals surface area (Å²) in [7, 11) is 0. The Kier molecular flexibility index (Phi) is 5.52. The highest BCUT2D eigenvalue weighted by Crippen LogP contribution is 2.28. The van der Waals surface area contributed by atoms with Gasteiger partial charge in [0, 0.05) is 5.38 Å². The number of benzene rings is 1. The Balaban J connectivity index is 2.73. The lowest BCUT2D eigenvalue weighted by atomic mass is 9.90. The van der Waals surface area contributed by atoms with Crippen molar-refractivity contribution in [3.63, 3.8) is 0 Å². The Hall–Kier alpha value is -0.490. The van der Waals surface area contributed by atoms with Gasteiger partial charge in [0.1, 0.15) is 0 Å². The fourth-order valence-electron chi connectivity index (χ4n) is 2.19. The third kappa shape index (κ3) is 4.35. The van der Waals surface area contributed by atoms with Crippen molar-refractivity contribution in [3.8, 4) is 0 Å². The smallest absolute Gasteiger partial charge is 0.0424 e. The minimum absolute atomic E-state index is 0.214. The van der Waals surface area contributed by atoms with Gasteiger partial charge in [-0.1, -0.05) is 58.9 Å². The lowest BCUT2D eigenvalue weighted by Crippen LogP contribution is -2.16. The molecule has 0 radical (unpaired) electrons. The van der Waals surface area contributed by atoms with Crippen LogP contribution in [0.15, 0.2) is 24.3 Å². The Morgan fingerprint density at radius 3 is 1.88 bits per heavy atom. The summed E-state index contributed by atoms with van der Waals surface area (Å²) in [5.41, 5.74) is 2.78. The van der Waals surface area contributed by atoms with E-state index in [2.05, 4.69) is 58.9 Å². The van der Waals surface area contributed by atoms with Gasteiger partial charge >= 0.3 is 0 Å². The summed E-state index contributed by atoms with van der Waals surface area (Å²) < 4.78 is 0. The molecule has 0 fully saturated rings. The van der Waals surface area contributed by atoms with Crippen molar-refractivity contribution in [1.29, 1.82) is 0 Å². The van der Waals surface area contributed by atoms with Crippen molar-refractivity contribution >= 4 is 11.6 Å². The molecule has 0 aliphatic carbocycles. The molecule has 1 aromatic rings. The molecule has 0 aliphatic heterocycles. The van der Waals surface area contributed by atoms with Crippen LogP contribution in [0.5, 0.6) is 0 Å². The molecular weight excluding hydrogens is 228 g/mol. The van der Waals surface area contributed by atoms with E-state index in [-0.39, 0.29) is 5.38 Å². The van der Waals surface area contributed by atoms with Crippen LogP contribution in [0.2, 0.25) is 0 Å². The topological polar surface area (TPSA) is 0 Å². The number of rotatable bonds is 5. The van der Waals surface area contributed by atoms with Crippen LogP contribution in [0.25, 0.3) is 0 Å². The van der Waals surface area contributed by atoms with Crippen LogP contribution in [0.3, 0.4) is 0 Å². The van der Waals surface area contributed by atoms with E-state index in [1.807, 2.05) is 0 Å². The van der Waals surface area contributed by atoms with Crippen LogP contribution in [-0.2, 0) is 6.42 Å². The molecule has 0 N–H and O–H groups in total. The maximum atomic E-state index is 6.42. The van der Waals surface area contributed by atoms with Crippen LogP contribution >= 0.6 is 11.6 Å². The van der Waals surface area contributed by atoms with E-state index >= 15 is 0 Å². The Bertz CT molecular complexity index is 324. The molecule has 1 rings (SSSR count). The Labute approximate surface area is 111 Å². The van der Waals surface area contributed by atoms with E-state index in [9.17, 15) is 0 Å². The quantitative estimate of drug-likeness (QED) is 0.628. The van der Waals surface area contributed by atoms with E-state index in [1.165, 1.54) is 11.1 Å². The molecule has 0 saturated carbocycles. The SMILES string of the molecule is CC(C)Cc1ccc(C(C)C(Cl)C(C)C)cc1. The van der Waals surface area contributed by atoms with Crippen molar-refractivity contribution in [3.05, 3.63) is 35.4 Å². The highest BCUT2D eigenvalue weighted by atomic mass is 35.5. The summed E-state index contributed by atoms with van der Waals surface area (Å²) in [6, 6.07) is 8.96. The second-order valence-electron chi connectivity index (χ2n) is 5.82. The minimum atomic E-state index is 0.214. The maximum absolute atomic E-state index is 6.42. The van der Waals surface area contributed by atoms with Crippen molar-refractivity contribution in [2.75, 3.05) is 0 Å². The van der Waals surface area contributed by atoms with Gasteiger partial charge in [0.05, 0.1) is 0 Å². The molecule has 17 heavy (non-hydrogen) atoms. The number of alkyl halides is 1. The van der Waals surface area contributed by atoms with Gasteiger partial charge in [-0.3, -0.25) is 0 Å². The summed E-state index contributed by atoms with van der Waals surface area (Å²) in [5.74, 6) is 1.65. The molecule has 0 spiro atoms. The van der Waals surface area contributed by atoms with E-state index in [4.69, 9.17) is 11.6 Å². The van der Waals surface area contributed by atoms with Crippen LogP contribution in [0.4, 0.5) is 0 Å². The van der Waals surface area contributed by atoms with Crippen molar-refractivity contribution in [2.45, 2.75) is 52.3 Å². The van der Waals surface area contributed by atoms with Crippen LogP contribution in [0, 0.1) is 11.8 Å². The normalized spacial score (nSPS) is 15.3. The monoisotopic (exact) mass is 252 g/mol. The van der Waals surface area contributed by atoms with E-state index in [0.717, 1.165) is 12.3 Å². The van der Waals surface area contributed by atoms with Crippen LogP contribution < -0.4 is 0 Å². The average Bonchev–Trinajstić information content (AvgIpc) is 2.27. The molecule has 0 amide bonds. The molecule has 2 atom stereocenters. The first-order valence-corrected chi connectivity index (χ1v) is 7.08. The van der Waals surface area contributed by atoms with E-state index < -0.39 is 0 Å². The first-order chi connectivity index (χ1) is 7.91. The largest absolute Gasteiger partial charge is 0.122 e. The first-order valence-electron chi connectivity index (χ1n) is 6.64. The van der Waals surface area contributed by atoms with Gasteiger partial charge in [0.25, 0.3) is 0 Å². The molecule has 2 unspecified atom stereocenters. The zero-order chi connectivity index (χ0) is 13.0. The van der Waals surface area contributed by atoms with E-state index in [1.54, 1.807) is 0 Å². The summed E-state index contributed by atoms with van der Waals surface area (Å²) >= 11 is 6.42. The van der Waals surface area contributed by atoms with Gasteiger partial charge in [0.15, 0.2) is 0 Å². The van der Waals surface area contributed by atoms with Gasteiger partial charge in [-0.2, -0.15) is 0 Å². The Morgan fingerprint density at radius 2 is 1.47 bits per heavy atom. The number of hydrogen-bond acceptors (Lipinski definition) is 0. The van der Waals surface area contributed by atoms with Gasteiger partial charge in [-0.15, -0.1) is 11.6 Å². The molecule has 96 valence electrons. The summed E-state index contributed by atoms with van der Waals surface area (Å²) in [5, 5.41) is 0.214. The highest BCUT2D eigenvalue weighted by molar-refractivity contribution is 6.21. The van der Waals surface area contributed by atoms with Gasteiger partial charge in [-0.25, -0.2) is 0 Å². The molecule has 0 bridgehead atoms. The van der Waals surface area contributed by atoms with Crippen LogP contribution in [-0.4, -0.2) is 5.38 Å². The van der Waals surface area contributed by atoms with Gasteiger partial charge in [0.2, 0.25) is 0 Å². The molecule has 0 saturated heterocycles. The summed E-state index contributed by atoms with van der Waals surface area (Å²) in [6.45, 7) is 11.1. The van der Waals surface area contributed by atoms with Gasteiger partial charge in [-0.05, 0) is 35.3 Å². The van der Waals surface area contributed by atoms with Crippen molar-refractivity contribution in [2.24, 2.45) is 11.8 Å².